The molecule has 0 amide bonds. The highest BCUT2D eigenvalue weighted by Gasteiger charge is 2.44. The molecule has 2 atom stereocenters. The summed E-state index contributed by atoms with van der Waals surface area (Å²) in [5.74, 6) is 1.75. The molecule has 0 spiro atoms. The highest BCUT2D eigenvalue weighted by Crippen LogP contribution is 2.46. The van der Waals surface area contributed by atoms with Crippen LogP contribution in [-0.4, -0.2) is 43.3 Å². The summed E-state index contributed by atoms with van der Waals surface area (Å²) in [4.78, 5) is 2.87. The molecule has 0 aliphatic carbocycles. The molecule has 3 fully saturated rings. The van der Waals surface area contributed by atoms with Gasteiger partial charge in [0.25, 0.3) is 0 Å². The molecule has 3 heterocycles. The smallest absolute Gasteiger partial charge is 0.122 e. The standard InChI is InChI=1S/C19H27NO2/c1-21-19-5-3-2-4-18(19)14-12-16-6-7-17(13-14)20(16)15-8-10-22-11-9-15/h2-5,14-17H,6-13H2,1H3. The Kier molecular flexibility index (Phi) is 4.10. The summed E-state index contributed by atoms with van der Waals surface area (Å²) in [5.41, 5.74) is 1.42. The summed E-state index contributed by atoms with van der Waals surface area (Å²) in [6.45, 7) is 1.91. The highest BCUT2D eigenvalue weighted by atomic mass is 16.5. The van der Waals surface area contributed by atoms with Crippen molar-refractivity contribution in [3.8, 4) is 5.75 Å². The Labute approximate surface area is 133 Å². The second kappa shape index (κ2) is 6.21. The van der Waals surface area contributed by atoms with E-state index in [9.17, 15) is 0 Å². The van der Waals surface area contributed by atoms with Crippen molar-refractivity contribution in [2.24, 2.45) is 0 Å². The Hall–Kier alpha value is -1.06. The van der Waals surface area contributed by atoms with Crippen LogP contribution in [0.25, 0.3) is 0 Å². The third kappa shape index (κ3) is 2.55. The van der Waals surface area contributed by atoms with E-state index in [1.807, 2.05) is 0 Å². The van der Waals surface area contributed by atoms with Gasteiger partial charge in [-0.25, -0.2) is 0 Å². The minimum atomic E-state index is 0.671. The summed E-state index contributed by atoms with van der Waals surface area (Å²) >= 11 is 0. The first kappa shape index (κ1) is 14.5. The quantitative estimate of drug-likeness (QED) is 0.851. The van der Waals surface area contributed by atoms with Gasteiger partial charge in [0, 0.05) is 31.3 Å². The van der Waals surface area contributed by atoms with Crippen molar-refractivity contribution in [1.82, 2.24) is 4.90 Å². The lowest BCUT2D eigenvalue weighted by atomic mass is 9.83. The first-order chi connectivity index (χ1) is 10.9. The topological polar surface area (TPSA) is 21.7 Å². The van der Waals surface area contributed by atoms with Gasteiger partial charge in [0.1, 0.15) is 5.75 Å². The molecule has 3 saturated heterocycles. The zero-order valence-electron chi connectivity index (χ0n) is 13.5. The minimum absolute atomic E-state index is 0.671. The molecule has 0 aromatic heterocycles. The van der Waals surface area contributed by atoms with Crippen LogP contribution in [0.4, 0.5) is 0 Å². The Morgan fingerprint density at radius 1 is 0.955 bits per heavy atom. The number of hydrogen-bond acceptors (Lipinski definition) is 3. The number of benzene rings is 1. The molecule has 2 bridgehead atoms. The van der Waals surface area contributed by atoms with Crippen molar-refractivity contribution >= 4 is 0 Å². The number of para-hydroxylation sites is 1. The summed E-state index contributed by atoms with van der Waals surface area (Å²) in [6, 6.07) is 10.9. The molecule has 3 nitrogen and oxygen atoms in total. The number of piperidine rings is 1. The second-order valence-corrected chi connectivity index (χ2v) is 7.09. The molecular weight excluding hydrogens is 274 g/mol. The van der Waals surface area contributed by atoms with Crippen molar-refractivity contribution in [3.63, 3.8) is 0 Å². The van der Waals surface area contributed by atoms with E-state index in [2.05, 4.69) is 29.2 Å². The zero-order valence-corrected chi connectivity index (χ0v) is 13.5. The van der Waals surface area contributed by atoms with Crippen LogP contribution in [0.15, 0.2) is 24.3 Å². The third-order valence-electron chi connectivity index (χ3n) is 5.98. The van der Waals surface area contributed by atoms with E-state index in [0.717, 1.165) is 37.1 Å². The zero-order chi connectivity index (χ0) is 14.9. The van der Waals surface area contributed by atoms with Crippen molar-refractivity contribution in [1.29, 1.82) is 0 Å². The monoisotopic (exact) mass is 301 g/mol. The minimum Gasteiger partial charge on any atom is -0.496 e. The molecule has 22 heavy (non-hydrogen) atoms. The normalized spacial score (nSPS) is 33.0. The van der Waals surface area contributed by atoms with Gasteiger partial charge in [0.2, 0.25) is 0 Å². The van der Waals surface area contributed by atoms with E-state index in [-0.39, 0.29) is 0 Å². The van der Waals surface area contributed by atoms with E-state index < -0.39 is 0 Å². The Bertz CT molecular complexity index is 498. The predicted octanol–water partition coefficient (Wildman–Crippen LogP) is 3.58. The summed E-state index contributed by atoms with van der Waals surface area (Å²) in [5, 5.41) is 0. The van der Waals surface area contributed by atoms with Gasteiger partial charge < -0.3 is 9.47 Å². The van der Waals surface area contributed by atoms with E-state index in [1.165, 1.54) is 44.1 Å². The first-order valence-electron chi connectivity index (χ1n) is 8.85. The summed E-state index contributed by atoms with van der Waals surface area (Å²) < 4.78 is 11.2. The Balaban J connectivity index is 1.52. The number of methoxy groups -OCH3 is 1. The summed E-state index contributed by atoms with van der Waals surface area (Å²) in [6.07, 6.45) is 7.82. The molecule has 4 rings (SSSR count). The van der Waals surface area contributed by atoms with E-state index in [4.69, 9.17) is 9.47 Å². The highest BCUT2D eigenvalue weighted by molar-refractivity contribution is 5.37. The maximum atomic E-state index is 5.60. The fourth-order valence-electron chi connectivity index (χ4n) is 5.05. The van der Waals surface area contributed by atoms with E-state index in [0.29, 0.717) is 5.92 Å². The number of hydrogen-bond donors (Lipinski definition) is 0. The van der Waals surface area contributed by atoms with Gasteiger partial charge >= 0.3 is 0 Å². The van der Waals surface area contributed by atoms with Crippen LogP contribution in [0.5, 0.6) is 5.75 Å². The number of fused-ring (bicyclic) bond motifs is 2. The van der Waals surface area contributed by atoms with Gasteiger partial charge in [-0.15, -0.1) is 0 Å². The van der Waals surface area contributed by atoms with Gasteiger partial charge in [-0.05, 0) is 56.1 Å². The average molecular weight is 301 g/mol. The molecule has 3 aliphatic rings. The van der Waals surface area contributed by atoms with Gasteiger partial charge in [-0.1, -0.05) is 18.2 Å². The lowest BCUT2D eigenvalue weighted by Crippen LogP contribution is -2.50. The Morgan fingerprint density at radius 2 is 1.64 bits per heavy atom. The van der Waals surface area contributed by atoms with Gasteiger partial charge in [-0.2, -0.15) is 0 Å². The maximum Gasteiger partial charge on any atom is 0.122 e. The van der Waals surface area contributed by atoms with Crippen molar-refractivity contribution in [3.05, 3.63) is 29.8 Å². The lowest BCUT2D eigenvalue weighted by Gasteiger charge is -2.45. The lowest BCUT2D eigenvalue weighted by molar-refractivity contribution is -0.00307. The number of nitrogens with zero attached hydrogens (tertiary/aromatic N) is 1. The Morgan fingerprint density at radius 3 is 2.32 bits per heavy atom. The second-order valence-electron chi connectivity index (χ2n) is 7.09. The number of rotatable bonds is 3. The third-order valence-corrected chi connectivity index (χ3v) is 5.98. The molecule has 0 N–H and O–H groups in total. The predicted molar refractivity (Wildman–Crippen MR) is 87.5 cm³/mol. The molecule has 2 unspecified atom stereocenters. The fraction of sp³-hybridized carbons (Fsp3) is 0.684. The average Bonchev–Trinajstić information content (AvgIpc) is 2.85. The van der Waals surface area contributed by atoms with Crippen LogP contribution in [0, 0.1) is 0 Å². The van der Waals surface area contributed by atoms with Crippen LogP contribution < -0.4 is 4.74 Å². The van der Waals surface area contributed by atoms with Crippen molar-refractivity contribution in [2.45, 2.75) is 62.6 Å². The molecule has 0 radical (unpaired) electrons. The molecule has 1 aromatic rings. The molecule has 0 saturated carbocycles. The fourth-order valence-corrected chi connectivity index (χ4v) is 5.05. The van der Waals surface area contributed by atoms with Crippen LogP contribution >= 0.6 is 0 Å². The molecule has 3 heteroatoms. The molecule has 120 valence electrons. The van der Waals surface area contributed by atoms with Crippen LogP contribution in [0.2, 0.25) is 0 Å². The largest absolute Gasteiger partial charge is 0.496 e. The molecule has 1 aromatic carbocycles. The van der Waals surface area contributed by atoms with Gasteiger partial charge in [-0.3, -0.25) is 4.90 Å². The van der Waals surface area contributed by atoms with E-state index in [1.54, 1.807) is 7.11 Å². The molecular formula is C19H27NO2. The number of ether oxygens (including phenoxy) is 2. The van der Waals surface area contributed by atoms with Gasteiger partial charge in [0.15, 0.2) is 0 Å². The van der Waals surface area contributed by atoms with Crippen molar-refractivity contribution < 1.29 is 9.47 Å². The maximum absolute atomic E-state index is 5.60. The van der Waals surface area contributed by atoms with Crippen LogP contribution in [0.1, 0.15) is 50.0 Å². The molecule has 3 aliphatic heterocycles. The first-order valence-corrected chi connectivity index (χ1v) is 8.85. The van der Waals surface area contributed by atoms with Crippen molar-refractivity contribution in [2.75, 3.05) is 20.3 Å². The van der Waals surface area contributed by atoms with Gasteiger partial charge in [0.05, 0.1) is 7.11 Å². The summed E-state index contributed by atoms with van der Waals surface area (Å²) in [7, 11) is 1.80. The van der Waals surface area contributed by atoms with Crippen LogP contribution in [-0.2, 0) is 4.74 Å². The van der Waals surface area contributed by atoms with Crippen LogP contribution in [0.3, 0.4) is 0 Å². The SMILES string of the molecule is COc1ccccc1C1CC2CCC(C1)N2C1CCOCC1. The van der Waals surface area contributed by atoms with E-state index >= 15 is 0 Å².